The van der Waals surface area contributed by atoms with Crippen LogP contribution in [0.1, 0.15) is 177 Å². The quantitative estimate of drug-likeness (QED) is 0.0433. The zero-order valence-electron chi connectivity index (χ0n) is 68.3. The molecule has 2 aliphatic heterocycles. The lowest BCUT2D eigenvalue weighted by molar-refractivity contribution is 0.0598. The standard InChI is InChI=1S/C33H34F2N4O2.C32H33BrN4O2.C31H33N5O2S/c1-20(2)30(38(17-9-16-36)32(40)25-15-14-21(3)27(34)28(25)35)29-26(18-22-10-5-4-6-11-22)33(41)39-19-23-12-7-8-13-24(23)31(39)37-29;1-21(2)29(36(18-8-17-34)31(38)23-13-15-25(33)16-14-23)28-27(19-22-9-4-3-5-10-22)32(39)37-20-24-11-6-7-12-26(24)30(37)35-28;1-20(2)26(35(18-8-16-32)30(37)23-14-12-21(3)13-15-23)28-34-25-24-11-7-17-33-29(24)39-27(25)31(38)36(28)19-22-9-5-4-6-10-22/h4-8,10-15,20,30H,9,16-19,36H2,1-3H3;3-7,9-16,21,29H,8,17-20,34H2,1-2H3;4-7,9-15,17,20,26H,8,16,18-19,32H2,1-3H3. The SMILES string of the molecule is CC(C)C(c1nc2n(c(=O)c1Cc1ccccc1)Cc1ccccc1-2)N(CCCN)C(=O)c1ccc(Br)cc1.Cc1ccc(C(=O)N(CCCN)C(c2nc3c(sc4ncccc43)c(=O)n2Cc2ccccc2)C(C)C)cc1.Cc1ccc(C(=O)N(CCCN)C(c2nc3n(c(=O)c2Cc2ccccc2)Cc2ccccc2-3)C(C)C)c(F)c1F. The summed E-state index contributed by atoms with van der Waals surface area (Å²) in [5.74, 6) is -1.53. The summed E-state index contributed by atoms with van der Waals surface area (Å²) in [6.07, 6.45) is 4.20. The highest BCUT2D eigenvalue weighted by Crippen LogP contribution is 2.40. The molecule has 13 aromatic rings. The fourth-order valence-corrected chi connectivity index (χ4v) is 17.4. The average Bonchev–Trinajstić information content (AvgIpc) is 1.67. The predicted molar refractivity (Wildman–Crippen MR) is 473 cm³/mol. The second kappa shape index (κ2) is 38.4. The number of hydrogen-bond donors (Lipinski definition) is 3. The molecule has 0 fully saturated rings. The fraction of sp³-hybridized carbons (Fsp3) is 0.292. The molecule has 5 aromatic heterocycles. The van der Waals surface area contributed by atoms with Crippen LogP contribution < -0.4 is 33.9 Å². The van der Waals surface area contributed by atoms with Gasteiger partial charge in [-0.05, 0) is 158 Å². The van der Waals surface area contributed by atoms with Crippen molar-refractivity contribution < 1.29 is 23.2 Å². The van der Waals surface area contributed by atoms with Crippen LogP contribution in [0.4, 0.5) is 8.78 Å². The van der Waals surface area contributed by atoms with Gasteiger partial charge in [-0.2, -0.15) is 0 Å². The molecule has 7 heterocycles. The highest BCUT2D eigenvalue weighted by Gasteiger charge is 2.39. The lowest BCUT2D eigenvalue weighted by Crippen LogP contribution is -2.42. The van der Waals surface area contributed by atoms with Crippen LogP contribution in [0, 0.1) is 43.2 Å². The fourth-order valence-electron chi connectivity index (χ4n) is 16.1. The number of rotatable bonds is 27. The summed E-state index contributed by atoms with van der Waals surface area (Å²) < 4.78 is 36.4. The molecule has 0 radical (unpaired) electrons. The maximum Gasteiger partial charge on any atom is 0.271 e. The van der Waals surface area contributed by atoms with Crippen LogP contribution in [0.2, 0.25) is 0 Å². The number of aryl methyl sites for hydroxylation is 2. The Morgan fingerprint density at radius 2 is 0.924 bits per heavy atom. The number of carbonyl (C=O) groups excluding carboxylic acids is 3. The molecule has 6 N–H and O–H groups in total. The summed E-state index contributed by atoms with van der Waals surface area (Å²) in [5, 5.41) is 0.851. The first-order chi connectivity index (χ1) is 57.5. The van der Waals surface area contributed by atoms with Crippen molar-refractivity contribution in [1.29, 1.82) is 0 Å². The minimum atomic E-state index is -1.18. The lowest BCUT2D eigenvalue weighted by Gasteiger charge is -2.35. The highest BCUT2D eigenvalue weighted by molar-refractivity contribution is 9.10. The van der Waals surface area contributed by atoms with Crippen LogP contribution in [0.5, 0.6) is 0 Å². The van der Waals surface area contributed by atoms with E-state index in [1.54, 1.807) is 19.9 Å². The van der Waals surface area contributed by atoms with Gasteiger partial charge in [-0.1, -0.05) is 221 Å². The van der Waals surface area contributed by atoms with E-state index < -0.39 is 35.7 Å². The zero-order chi connectivity index (χ0) is 84.3. The smallest absolute Gasteiger partial charge is 0.271 e. The van der Waals surface area contributed by atoms with E-state index in [2.05, 4.69) is 48.6 Å². The van der Waals surface area contributed by atoms with Crippen LogP contribution in [0.3, 0.4) is 0 Å². The first-order valence-corrected chi connectivity index (χ1v) is 42.2. The molecule has 3 unspecified atom stereocenters. The van der Waals surface area contributed by atoms with Gasteiger partial charge < -0.3 is 31.9 Å². The van der Waals surface area contributed by atoms with Crippen molar-refractivity contribution in [2.45, 2.75) is 125 Å². The van der Waals surface area contributed by atoms with E-state index in [9.17, 15) is 33.2 Å². The van der Waals surface area contributed by atoms with Crippen molar-refractivity contribution in [2.24, 2.45) is 35.0 Å². The number of carbonyl (C=O) groups is 3. The Labute approximate surface area is 704 Å². The number of benzene rings is 8. The second-order valence-corrected chi connectivity index (χ2v) is 33.3. The Morgan fingerprint density at radius 3 is 1.39 bits per heavy atom. The van der Waals surface area contributed by atoms with Gasteiger partial charge >= 0.3 is 0 Å². The third kappa shape index (κ3) is 18.5. The minimum absolute atomic E-state index is 0.00305. The molecular weight excluding hydrogens is 1580 g/mol. The number of pyridine rings is 1. The lowest BCUT2D eigenvalue weighted by atomic mass is 9.92. The van der Waals surface area contributed by atoms with Gasteiger partial charge in [0.15, 0.2) is 11.6 Å². The molecule has 3 amide bonds. The number of amides is 3. The molecule has 15 rings (SSSR count). The maximum absolute atomic E-state index is 15.1. The van der Waals surface area contributed by atoms with E-state index in [0.717, 1.165) is 59.2 Å². The van der Waals surface area contributed by atoms with Crippen LogP contribution in [-0.4, -0.2) is 105 Å². The summed E-state index contributed by atoms with van der Waals surface area (Å²) in [6.45, 7) is 19.2. The molecule has 119 heavy (non-hydrogen) atoms. The Balaban J connectivity index is 0.000000155. The van der Waals surface area contributed by atoms with Gasteiger partial charge in [-0.25, -0.2) is 28.7 Å². The number of hydrogen-bond acceptors (Lipinski definition) is 14. The third-order valence-corrected chi connectivity index (χ3v) is 23.6. The number of fused-ring (bicyclic) bond motifs is 9. The molecule has 612 valence electrons. The molecular formula is C96H100BrF2N13O6S. The van der Waals surface area contributed by atoms with Gasteiger partial charge in [0.25, 0.3) is 34.4 Å². The van der Waals surface area contributed by atoms with Crippen LogP contribution in [0.25, 0.3) is 43.2 Å². The summed E-state index contributed by atoms with van der Waals surface area (Å²) in [7, 11) is 0. The molecule has 3 atom stereocenters. The molecule has 0 saturated carbocycles. The molecule has 0 bridgehead atoms. The topological polar surface area (TPSA) is 257 Å². The second-order valence-electron chi connectivity index (χ2n) is 31.4. The van der Waals surface area contributed by atoms with E-state index in [1.165, 1.54) is 35.3 Å². The van der Waals surface area contributed by atoms with Gasteiger partial charge in [0, 0.05) is 81.9 Å². The largest absolute Gasteiger partial charge is 0.330 e. The van der Waals surface area contributed by atoms with Crippen molar-refractivity contribution in [3.8, 4) is 22.8 Å². The molecule has 19 nitrogen and oxygen atoms in total. The highest BCUT2D eigenvalue weighted by atomic mass is 79.9. The molecule has 8 aromatic carbocycles. The third-order valence-electron chi connectivity index (χ3n) is 22.0. The van der Waals surface area contributed by atoms with Crippen molar-refractivity contribution in [1.82, 2.24) is 48.3 Å². The Morgan fingerprint density at radius 1 is 0.487 bits per heavy atom. The van der Waals surface area contributed by atoms with E-state index >= 15 is 4.39 Å². The summed E-state index contributed by atoms with van der Waals surface area (Å²) >= 11 is 4.83. The number of aromatic nitrogens is 7. The van der Waals surface area contributed by atoms with Gasteiger partial charge in [-0.15, -0.1) is 11.3 Å². The summed E-state index contributed by atoms with van der Waals surface area (Å²) in [5.41, 5.74) is 29.1. The van der Waals surface area contributed by atoms with Gasteiger partial charge in [0.05, 0.1) is 60.2 Å². The van der Waals surface area contributed by atoms with Crippen molar-refractivity contribution in [3.05, 3.63) is 350 Å². The van der Waals surface area contributed by atoms with E-state index in [0.29, 0.717) is 146 Å². The molecule has 0 saturated heterocycles. The van der Waals surface area contributed by atoms with E-state index in [1.807, 2.05) is 231 Å². The first-order valence-electron chi connectivity index (χ1n) is 40.6. The minimum Gasteiger partial charge on any atom is -0.330 e. The predicted octanol–water partition coefficient (Wildman–Crippen LogP) is 17.0. The number of halogens is 3. The number of thiophene rings is 1. The molecule has 0 spiro atoms. The first kappa shape index (κ1) is 85.3. The number of nitrogens with zero attached hydrogens (tertiary/aromatic N) is 10. The van der Waals surface area contributed by atoms with Gasteiger partial charge in [-0.3, -0.25) is 42.5 Å². The Kier molecular flexibility index (Phi) is 27.5. The molecule has 2 aliphatic rings. The van der Waals surface area contributed by atoms with Gasteiger partial charge in [0.1, 0.15) is 27.0 Å². The van der Waals surface area contributed by atoms with Crippen molar-refractivity contribution in [3.63, 3.8) is 0 Å². The summed E-state index contributed by atoms with van der Waals surface area (Å²) in [4.78, 5) is 111. The summed E-state index contributed by atoms with van der Waals surface area (Å²) in [6, 6.07) is 65.3. The Hall–Kier alpha value is -11.6. The van der Waals surface area contributed by atoms with E-state index in [4.69, 9.17) is 32.2 Å². The van der Waals surface area contributed by atoms with Crippen LogP contribution in [0.15, 0.2) is 237 Å². The van der Waals surface area contributed by atoms with Crippen LogP contribution in [-0.2, 0) is 32.5 Å². The number of nitrogens with two attached hydrogens (primary N) is 3. The van der Waals surface area contributed by atoms with Crippen molar-refractivity contribution in [2.75, 3.05) is 39.3 Å². The van der Waals surface area contributed by atoms with Crippen LogP contribution >= 0.6 is 27.3 Å². The Bertz CT molecular complexity index is 6000. The molecule has 0 aliphatic carbocycles. The van der Waals surface area contributed by atoms with Crippen molar-refractivity contribution >= 4 is 65.4 Å². The maximum atomic E-state index is 15.1. The monoisotopic (exact) mass is 1680 g/mol. The normalized spacial score (nSPS) is 12.6. The average molecular weight is 1680 g/mol. The zero-order valence-corrected chi connectivity index (χ0v) is 70.7. The molecule has 23 heteroatoms. The van der Waals surface area contributed by atoms with Gasteiger partial charge in [0.2, 0.25) is 0 Å². The van der Waals surface area contributed by atoms with E-state index in [-0.39, 0.29) is 63.9 Å².